The van der Waals surface area contributed by atoms with Gasteiger partial charge in [0.25, 0.3) is 0 Å². The fraction of sp³-hybridized carbons (Fsp3) is 0.333. The van der Waals surface area contributed by atoms with Crippen molar-refractivity contribution in [1.29, 1.82) is 0 Å². The molecule has 2 aromatic heterocycles. The summed E-state index contributed by atoms with van der Waals surface area (Å²) in [7, 11) is 1.84. The van der Waals surface area contributed by atoms with Crippen LogP contribution in [0.3, 0.4) is 0 Å². The zero-order valence-electron chi connectivity index (χ0n) is 14.0. The normalized spacial score (nSPS) is 17.6. The van der Waals surface area contributed by atoms with Crippen LogP contribution >= 0.6 is 0 Å². The van der Waals surface area contributed by atoms with Crippen LogP contribution in [0.15, 0.2) is 47.2 Å². The largest absolute Gasteiger partial charge is 0.332 e. The van der Waals surface area contributed by atoms with E-state index in [2.05, 4.69) is 15.1 Å². The molecule has 0 radical (unpaired) electrons. The van der Waals surface area contributed by atoms with Crippen molar-refractivity contribution in [3.8, 4) is 11.4 Å². The van der Waals surface area contributed by atoms with Crippen LogP contribution in [-0.2, 0) is 7.05 Å². The van der Waals surface area contributed by atoms with Crippen molar-refractivity contribution in [3.63, 3.8) is 0 Å². The molecule has 1 fully saturated rings. The zero-order chi connectivity index (χ0) is 17.2. The first-order chi connectivity index (χ1) is 12.2. The van der Waals surface area contributed by atoms with E-state index in [4.69, 9.17) is 4.52 Å². The number of hydrogen-bond donors (Lipinski definition) is 0. The summed E-state index contributed by atoms with van der Waals surface area (Å²) in [5.41, 5.74) is 0.912. The molecule has 0 spiro atoms. The highest BCUT2D eigenvalue weighted by molar-refractivity contribution is 5.95. The molecular formula is C18H19N5O2. The van der Waals surface area contributed by atoms with E-state index in [1.54, 1.807) is 17.0 Å². The molecular weight excluding hydrogens is 318 g/mol. The highest BCUT2D eigenvalue weighted by Gasteiger charge is 2.30. The van der Waals surface area contributed by atoms with Crippen LogP contribution < -0.4 is 4.90 Å². The van der Waals surface area contributed by atoms with Crippen LogP contribution in [0.5, 0.6) is 0 Å². The Hall–Kier alpha value is -2.96. The number of carbonyl (C=O) groups excluding carboxylic acids is 1. The van der Waals surface area contributed by atoms with Crippen LogP contribution in [0, 0.1) is 5.92 Å². The second-order valence-electron chi connectivity index (χ2n) is 6.28. The summed E-state index contributed by atoms with van der Waals surface area (Å²) >= 11 is 0. The van der Waals surface area contributed by atoms with E-state index in [0.29, 0.717) is 24.2 Å². The third-order valence-electron chi connectivity index (χ3n) is 4.55. The van der Waals surface area contributed by atoms with Gasteiger partial charge in [0.2, 0.25) is 11.6 Å². The number of piperidine rings is 1. The summed E-state index contributed by atoms with van der Waals surface area (Å²) in [6.45, 7) is 1.38. The van der Waals surface area contributed by atoms with E-state index in [1.807, 2.05) is 42.3 Å². The van der Waals surface area contributed by atoms with Gasteiger partial charge in [-0.25, -0.2) is 4.98 Å². The maximum absolute atomic E-state index is 12.7. The Morgan fingerprint density at radius 2 is 2.12 bits per heavy atom. The fourth-order valence-corrected chi connectivity index (χ4v) is 3.20. The van der Waals surface area contributed by atoms with Gasteiger partial charge in [0.05, 0.1) is 0 Å². The molecule has 0 amide bonds. The minimum Gasteiger partial charge on any atom is -0.332 e. The number of benzene rings is 1. The van der Waals surface area contributed by atoms with Crippen LogP contribution in [0.4, 0.5) is 6.01 Å². The van der Waals surface area contributed by atoms with Crippen LogP contribution in [-0.4, -0.2) is 38.6 Å². The molecule has 0 saturated carbocycles. The monoisotopic (exact) mass is 337 g/mol. The fourth-order valence-electron chi connectivity index (χ4n) is 3.20. The Bertz CT molecular complexity index is 870. The average molecular weight is 337 g/mol. The lowest BCUT2D eigenvalue weighted by atomic mass is 9.93. The molecule has 7 heteroatoms. The highest BCUT2D eigenvalue weighted by atomic mass is 16.5. The predicted molar refractivity (Wildman–Crippen MR) is 92.2 cm³/mol. The van der Waals surface area contributed by atoms with Gasteiger partial charge in [-0.1, -0.05) is 35.5 Å². The molecule has 25 heavy (non-hydrogen) atoms. The van der Waals surface area contributed by atoms with Gasteiger partial charge in [-0.15, -0.1) is 0 Å². The summed E-state index contributed by atoms with van der Waals surface area (Å²) in [6, 6.07) is 10.2. The number of rotatable bonds is 4. The first-order valence-corrected chi connectivity index (χ1v) is 8.38. The Morgan fingerprint density at radius 1 is 1.28 bits per heavy atom. The molecule has 1 aromatic carbocycles. The van der Waals surface area contributed by atoms with Crippen molar-refractivity contribution in [1.82, 2.24) is 19.7 Å². The summed E-state index contributed by atoms with van der Waals surface area (Å²) in [6.07, 6.45) is 5.20. The number of carbonyl (C=O) groups is 1. The van der Waals surface area contributed by atoms with E-state index in [1.165, 1.54) is 0 Å². The van der Waals surface area contributed by atoms with Gasteiger partial charge in [-0.3, -0.25) is 4.79 Å². The Balaban J connectivity index is 1.51. The molecule has 0 N–H and O–H groups in total. The molecule has 1 unspecified atom stereocenters. The number of imidazole rings is 1. The van der Waals surface area contributed by atoms with Crippen molar-refractivity contribution in [2.24, 2.45) is 13.0 Å². The van der Waals surface area contributed by atoms with Crippen molar-refractivity contribution < 1.29 is 9.32 Å². The van der Waals surface area contributed by atoms with Crippen molar-refractivity contribution >= 4 is 11.8 Å². The van der Waals surface area contributed by atoms with E-state index in [0.717, 1.165) is 24.9 Å². The summed E-state index contributed by atoms with van der Waals surface area (Å²) in [5.74, 6) is 1.03. The number of aryl methyl sites for hydroxylation is 1. The molecule has 7 nitrogen and oxygen atoms in total. The van der Waals surface area contributed by atoms with E-state index in [-0.39, 0.29) is 11.7 Å². The van der Waals surface area contributed by atoms with Gasteiger partial charge in [0.15, 0.2) is 5.82 Å². The molecule has 3 aromatic rings. The van der Waals surface area contributed by atoms with Gasteiger partial charge in [0, 0.05) is 44.0 Å². The molecule has 1 saturated heterocycles. The Kier molecular flexibility index (Phi) is 4.05. The standard InChI is InChI=1S/C18H19N5O2/c1-22-11-9-19-17(22)15(24)14-8-5-10-23(12-14)18-20-16(21-25-18)13-6-3-2-4-7-13/h2-4,6-7,9,11,14H,5,8,10,12H2,1H3. The molecule has 1 aliphatic heterocycles. The van der Waals surface area contributed by atoms with Gasteiger partial charge in [-0.2, -0.15) is 4.98 Å². The third kappa shape index (κ3) is 3.05. The topological polar surface area (TPSA) is 77.1 Å². The summed E-state index contributed by atoms with van der Waals surface area (Å²) in [5, 5.41) is 4.07. The number of anilines is 1. The van der Waals surface area contributed by atoms with E-state index >= 15 is 0 Å². The average Bonchev–Trinajstić information content (AvgIpc) is 3.31. The van der Waals surface area contributed by atoms with Gasteiger partial charge >= 0.3 is 6.01 Å². The summed E-state index contributed by atoms with van der Waals surface area (Å²) < 4.78 is 7.20. The first-order valence-electron chi connectivity index (χ1n) is 8.38. The summed E-state index contributed by atoms with van der Waals surface area (Å²) in [4.78, 5) is 23.4. The Morgan fingerprint density at radius 3 is 2.88 bits per heavy atom. The third-order valence-corrected chi connectivity index (χ3v) is 4.55. The minimum absolute atomic E-state index is 0.0694. The zero-order valence-corrected chi connectivity index (χ0v) is 14.0. The number of hydrogen-bond acceptors (Lipinski definition) is 6. The maximum atomic E-state index is 12.7. The smallest absolute Gasteiger partial charge is 0.324 e. The van der Waals surface area contributed by atoms with Crippen molar-refractivity contribution in [3.05, 3.63) is 48.5 Å². The van der Waals surface area contributed by atoms with Crippen molar-refractivity contribution in [2.45, 2.75) is 12.8 Å². The molecule has 128 valence electrons. The quantitative estimate of drug-likeness (QED) is 0.681. The lowest BCUT2D eigenvalue weighted by molar-refractivity contribution is 0.0892. The first kappa shape index (κ1) is 15.6. The number of ketones is 1. The van der Waals surface area contributed by atoms with E-state index in [9.17, 15) is 4.79 Å². The maximum Gasteiger partial charge on any atom is 0.324 e. The van der Waals surface area contributed by atoms with Crippen LogP contribution in [0.2, 0.25) is 0 Å². The second-order valence-corrected chi connectivity index (χ2v) is 6.28. The number of aromatic nitrogens is 4. The molecule has 0 bridgehead atoms. The molecule has 4 rings (SSSR count). The molecule has 1 aliphatic rings. The van der Waals surface area contributed by atoms with E-state index < -0.39 is 0 Å². The molecule has 3 heterocycles. The number of Topliss-reactive ketones (excluding diaryl/α,β-unsaturated/α-hetero) is 1. The molecule has 1 atom stereocenters. The van der Waals surface area contributed by atoms with Gasteiger partial charge < -0.3 is 14.0 Å². The minimum atomic E-state index is -0.109. The molecule has 0 aliphatic carbocycles. The van der Waals surface area contributed by atoms with Gasteiger partial charge in [-0.05, 0) is 12.8 Å². The Labute approximate surface area is 145 Å². The lowest BCUT2D eigenvalue weighted by Crippen LogP contribution is -2.39. The highest BCUT2D eigenvalue weighted by Crippen LogP contribution is 2.26. The van der Waals surface area contributed by atoms with Crippen LogP contribution in [0.1, 0.15) is 23.5 Å². The number of nitrogens with zero attached hydrogens (tertiary/aromatic N) is 5. The van der Waals surface area contributed by atoms with Gasteiger partial charge in [0.1, 0.15) is 0 Å². The SMILES string of the molecule is Cn1ccnc1C(=O)C1CCCN(c2nc(-c3ccccc3)no2)C1. The van der Waals surface area contributed by atoms with Crippen molar-refractivity contribution in [2.75, 3.05) is 18.0 Å². The van der Waals surface area contributed by atoms with Crippen LogP contribution in [0.25, 0.3) is 11.4 Å². The lowest BCUT2D eigenvalue weighted by Gasteiger charge is -2.30. The predicted octanol–water partition coefficient (Wildman–Crippen LogP) is 2.57. The second kappa shape index (κ2) is 6.51.